The molecule has 1 heterocycles. The number of hydrogen-bond donors (Lipinski definition) is 0. The number of benzene rings is 7. The van der Waals surface area contributed by atoms with E-state index in [0.717, 1.165) is 23.7 Å². The Kier molecular flexibility index (Phi) is 5.62. The molecule has 0 N–H and O–H groups in total. The second kappa shape index (κ2) is 10.1. The van der Waals surface area contributed by atoms with Crippen LogP contribution in [-0.2, 0) is 5.41 Å². The molecule has 0 unspecified atom stereocenters. The van der Waals surface area contributed by atoms with Crippen molar-refractivity contribution in [1.29, 1.82) is 0 Å². The second-order valence-electron chi connectivity index (χ2n) is 15.7. The van der Waals surface area contributed by atoms with Gasteiger partial charge in [-0.05, 0) is 119 Å². The lowest BCUT2D eigenvalue weighted by Crippen LogP contribution is -2.55. The van der Waals surface area contributed by atoms with Gasteiger partial charge in [-0.15, -0.1) is 11.3 Å². The Morgan fingerprint density at radius 3 is 1.98 bits per heavy atom. The van der Waals surface area contributed by atoms with Crippen LogP contribution in [0.15, 0.2) is 140 Å². The molecule has 0 amide bonds. The van der Waals surface area contributed by atoms with Crippen molar-refractivity contribution >= 4 is 70.1 Å². The van der Waals surface area contributed by atoms with Gasteiger partial charge in [0, 0.05) is 42.2 Å². The van der Waals surface area contributed by atoms with Crippen molar-refractivity contribution in [1.82, 2.24) is 0 Å². The molecule has 5 aliphatic rings. The Balaban J connectivity index is 1.18. The number of rotatable bonds is 3. The van der Waals surface area contributed by atoms with Gasteiger partial charge in [0.15, 0.2) is 0 Å². The first-order chi connectivity index (χ1) is 24.8. The molecule has 4 fully saturated rings. The summed E-state index contributed by atoms with van der Waals surface area (Å²) < 4.78 is 2.69. The van der Waals surface area contributed by atoms with Crippen LogP contribution in [0.2, 0.25) is 0 Å². The number of hydrogen-bond acceptors (Lipinski definition) is 2. The highest BCUT2D eigenvalue weighted by atomic mass is 32.1. The van der Waals surface area contributed by atoms with E-state index in [2.05, 4.69) is 144 Å². The maximum absolute atomic E-state index is 2.63. The molecule has 1 aromatic heterocycles. The normalized spacial score (nSPS) is 24.5. The standard InChI is InChI=1S/C48H37NS/c1-2-11-35-31(10-1)27-44(37-13-4-3-12-36(35)37)49(34-20-21-39-38-14-6-8-19-45(38)50-46(39)28-34)43-18-9-17-42-47(43)40-15-5-7-16-41(40)48(42)32-23-29-22-30(25-32)26-33(48)24-29/h1-21,27-30,32-33H,22-26H2. The topological polar surface area (TPSA) is 3.24 Å². The van der Waals surface area contributed by atoms with Gasteiger partial charge in [-0.2, -0.15) is 0 Å². The zero-order valence-corrected chi connectivity index (χ0v) is 28.8. The fourth-order valence-corrected chi connectivity index (χ4v) is 13.0. The van der Waals surface area contributed by atoms with Crippen molar-refractivity contribution in [2.45, 2.75) is 37.5 Å². The summed E-state index contributed by atoms with van der Waals surface area (Å²) in [5, 5.41) is 7.87. The summed E-state index contributed by atoms with van der Waals surface area (Å²) in [6.07, 6.45) is 7.05. The molecular formula is C48H37NS. The predicted octanol–water partition coefficient (Wildman–Crippen LogP) is 13.6. The lowest BCUT2D eigenvalue weighted by atomic mass is 9.43. The quantitative estimate of drug-likeness (QED) is 0.171. The van der Waals surface area contributed by atoms with Crippen LogP contribution in [0.1, 0.15) is 43.2 Å². The molecule has 0 radical (unpaired) electrons. The van der Waals surface area contributed by atoms with Crippen LogP contribution in [0, 0.1) is 23.7 Å². The maximum Gasteiger partial charge on any atom is 0.0546 e. The zero-order valence-electron chi connectivity index (χ0n) is 28.0. The minimum atomic E-state index is 0.127. The van der Waals surface area contributed by atoms with Gasteiger partial charge >= 0.3 is 0 Å². The van der Waals surface area contributed by atoms with Gasteiger partial charge in [0.2, 0.25) is 0 Å². The molecule has 1 spiro atoms. The summed E-state index contributed by atoms with van der Waals surface area (Å²) in [6, 6.07) is 53.4. The summed E-state index contributed by atoms with van der Waals surface area (Å²) in [5.41, 5.74) is 10.0. The average molecular weight is 660 g/mol. The van der Waals surface area contributed by atoms with E-state index in [1.54, 1.807) is 11.1 Å². The van der Waals surface area contributed by atoms with E-state index < -0.39 is 0 Å². The highest BCUT2D eigenvalue weighted by Crippen LogP contribution is 2.70. The van der Waals surface area contributed by atoms with Crippen molar-refractivity contribution < 1.29 is 0 Å². The van der Waals surface area contributed by atoms with Gasteiger partial charge in [0.1, 0.15) is 0 Å². The van der Waals surface area contributed by atoms with Crippen molar-refractivity contribution in [3.8, 4) is 11.1 Å². The molecule has 0 atom stereocenters. The molecule has 7 aromatic carbocycles. The third kappa shape index (κ3) is 3.57. The first-order valence-electron chi connectivity index (χ1n) is 18.6. The summed E-state index contributed by atoms with van der Waals surface area (Å²) in [5.74, 6) is 3.33. The molecule has 13 rings (SSSR count). The van der Waals surface area contributed by atoms with Gasteiger partial charge in [-0.3, -0.25) is 0 Å². The Labute approximate surface area is 296 Å². The van der Waals surface area contributed by atoms with E-state index in [1.807, 2.05) is 11.3 Å². The molecule has 0 aliphatic heterocycles. The molecule has 5 aliphatic carbocycles. The van der Waals surface area contributed by atoms with Crippen molar-refractivity contribution in [3.05, 3.63) is 151 Å². The molecule has 240 valence electrons. The molecule has 50 heavy (non-hydrogen) atoms. The highest BCUT2D eigenvalue weighted by Gasteiger charge is 2.61. The fraction of sp³-hybridized carbons (Fsp3) is 0.208. The number of anilines is 3. The van der Waals surface area contributed by atoms with Crippen molar-refractivity contribution in [2.24, 2.45) is 23.7 Å². The fourth-order valence-electron chi connectivity index (χ4n) is 11.8. The van der Waals surface area contributed by atoms with E-state index >= 15 is 0 Å². The number of thiophene rings is 1. The largest absolute Gasteiger partial charge is 0.309 e. The van der Waals surface area contributed by atoms with Crippen LogP contribution < -0.4 is 4.90 Å². The van der Waals surface area contributed by atoms with E-state index in [1.165, 1.54) is 102 Å². The Morgan fingerprint density at radius 2 is 1.14 bits per heavy atom. The molecule has 4 saturated carbocycles. The summed E-state index contributed by atoms with van der Waals surface area (Å²) >= 11 is 1.91. The lowest BCUT2D eigenvalue weighted by molar-refractivity contribution is -0.0399. The van der Waals surface area contributed by atoms with E-state index in [-0.39, 0.29) is 5.41 Å². The molecule has 4 bridgehead atoms. The van der Waals surface area contributed by atoms with Gasteiger partial charge in [-0.1, -0.05) is 109 Å². The second-order valence-corrected chi connectivity index (χ2v) is 16.8. The molecular weight excluding hydrogens is 623 g/mol. The van der Waals surface area contributed by atoms with Crippen LogP contribution in [0.4, 0.5) is 17.1 Å². The summed E-state index contributed by atoms with van der Waals surface area (Å²) in [6.45, 7) is 0. The average Bonchev–Trinajstić information content (AvgIpc) is 3.68. The van der Waals surface area contributed by atoms with Crippen molar-refractivity contribution in [2.75, 3.05) is 4.90 Å². The third-order valence-corrected chi connectivity index (χ3v) is 14.5. The molecule has 0 saturated heterocycles. The molecule has 2 heteroatoms. The van der Waals surface area contributed by atoms with Crippen LogP contribution in [0.3, 0.4) is 0 Å². The van der Waals surface area contributed by atoms with E-state index in [9.17, 15) is 0 Å². The van der Waals surface area contributed by atoms with Crippen LogP contribution in [0.25, 0.3) is 52.8 Å². The predicted molar refractivity (Wildman–Crippen MR) is 212 cm³/mol. The maximum atomic E-state index is 2.63. The molecule has 1 nitrogen and oxygen atoms in total. The molecule has 8 aromatic rings. The summed E-state index contributed by atoms with van der Waals surface area (Å²) in [7, 11) is 0. The minimum absolute atomic E-state index is 0.127. The Bertz CT molecular complexity index is 2670. The van der Waals surface area contributed by atoms with E-state index in [0.29, 0.717) is 0 Å². The van der Waals surface area contributed by atoms with Crippen LogP contribution in [0.5, 0.6) is 0 Å². The lowest BCUT2D eigenvalue weighted by Gasteiger charge is -2.61. The van der Waals surface area contributed by atoms with Gasteiger partial charge in [0.25, 0.3) is 0 Å². The van der Waals surface area contributed by atoms with Crippen LogP contribution in [-0.4, -0.2) is 0 Å². The SMILES string of the molecule is c1ccc2c(c1)-c1c(N(c3ccc4c(c3)sc3ccccc34)c3cc4ccccc4c4ccccc34)cccc1C21C2CC3CC(C2)CC1C3. The number of nitrogens with zero attached hydrogens (tertiary/aromatic N) is 1. The van der Waals surface area contributed by atoms with Crippen LogP contribution >= 0.6 is 11.3 Å². The monoisotopic (exact) mass is 659 g/mol. The highest BCUT2D eigenvalue weighted by molar-refractivity contribution is 7.25. The first-order valence-corrected chi connectivity index (χ1v) is 19.4. The van der Waals surface area contributed by atoms with Crippen molar-refractivity contribution in [3.63, 3.8) is 0 Å². The minimum Gasteiger partial charge on any atom is -0.309 e. The Hall–Kier alpha value is -4.92. The zero-order chi connectivity index (χ0) is 32.6. The number of fused-ring (bicyclic) bond motifs is 9. The van der Waals surface area contributed by atoms with E-state index in [4.69, 9.17) is 0 Å². The van der Waals surface area contributed by atoms with Gasteiger partial charge in [-0.25, -0.2) is 0 Å². The third-order valence-electron chi connectivity index (χ3n) is 13.4. The van der Waals surface area contributed by atoms with Gasteiger partial charge in [0.05, 0.1) is 11.4 Å². The first kappa shape index (κ1) is 27.9. The smallest absolute Gasteiger partial charge is 0.0546 e. The Morgan fingerprint density at radius 1 is 0.480 bits per heavy atom. The summed E-state index contributed by atoms with van der Waals surface area (Å²) in [4.78, 5) is 2.63. The van der Waals surface area contributed by atoms with Gasteiger partial charge < -0.3 is 4.90 Å².